The molecule has 3 aromatic heterocycles. The first-order valence-electron chi connectivity index (χ1n) is 13.8. The number of anilines is 2. The summed E-state index contributed by atoms with van der Waals surface area (Å²) in [6.45, 7) is 9.02. The second-order valence-electron chi connectivity index (χ2n) is 11.7. The van der Waals surface area contributed by atoms with Crippen molar-refractivity contribution in [1.82, 2.24) is 29.4 Å². The SMILES string of the molecule is CC(C)(O)CN1CCC(C2CCN(C(=O)[C@@H]3CCN3c3cc4nc(-c5ccco5)nn4c(N)n3)CC2)CC1. The molecule has 3 fully saturated rings. The maximum atomic E-state index is 13.5. The minimum Gasteiger partial charge on any atom is -0.461 e. The highest BCUT2D eigenvalue weighted by Gasteiger charge is 2.40. The largest absolute Gasteiger partial charge is 0.461 e. The van der Waals surface area contributed by atoms with E-state index in [1.807, 2.05) is 29.7 Å². The van der Waals surface area contributed by atoms with E-state index >= 15 is 0 Å². The number of hydrogen-bond acceptors (Lipinski definition) is 9. The lowest BCUT2D eigenvalue weighted by Crippen LogP contribution is -2.58. The Morgan fingerprint density at radius 2 is 1.79 bits per heavy atom. The molecule has 38 heavy (non-hydrogen) atoms. The monoisotopic (exact) mass is 522 g/mol. The van der Waals surface area contributed by atoms with Crippen LogP contribution in [0.4, 0.5) is 11.8 Å². The van der Waals surface area contributed by atoms with Gasteiger partial charge in [0.15, 0.2) is 11.4 Å². The Balaban J connectivity index is 1.05. The molecule has 11 heteroatoms. The van der Waals surface area contributed by atoms with E-state index in [1.54, 1.807) is 18.4 Å². The number of piperidine rings is 2. The van der Waals surface area contributed by atoms with Crippen LogP contribution in [-0.4, -0.2) is 91.3 Å². The Hall–Kier alpha value is -3.18. The van der Waals surface area contributed by atoms with Crippen LogP contribution in [0.1, 0.15) is 46.0 Å². The summed E-state index contributed by atoms with van der Waals surface area (Å²) in [5.74, 6) is 3.49. The smallest absolute Gasteiger partial charge is 0.245 e. The van der Waals surface area contributed by atoms with Crippen molar-refractivity contribution in [2.45, 2.75) is 57.6 Å². The highest BCUT2D eigenvalue weighted by molar-refractivity contribution is 5.87. The molecule has 11 nitrogen and oxygen atoms in total. The van der Waals surface area contributed by atoms with Crippen LogP contribution in [0.5, 0.6) is 0 Å². The van der Waals surface area contributed by atoms with Gasteiger partial charge >= 0.3 is 0 Å². The van der Waals surface area contributed by atoms with Crippen LogP contribution in [-0.2, 0) is 4.79 Å². The summed E-state index contributed by atoms with van der Waals surface area (Å²) in [7, 11) is 0. The second kappa shape index (κ2) is 9.85. The third-order valence-corrected chi connectivity index (χ3v) is 8.44. The van der Waals surface area contributed by atoms with Gasteiger partial charge in [-0.1, -0.05) is 0 Å². The number of amides is 1. The first-order valence-corrected chi connectivity index (χ1v) is 13.8. The van der Waals surface area contributed by atoms with Crippen molar-refractivity contribution < 1.29 is 14.3 Å². The van der Waals surface area contributed by atoms with Crippen LogP contribution >= 0.6 is 0 Å². The first-order chi connectivity index (χ1) is 18.2. The molecule has 0 saturated carbocycles. The van der Waals surface area contributed by atoms with Gasteiger partial charge in [0.25, 0.3) is 0 Å². The molecule has 3 aliphatic heterocycles. The number of aromatic nitrogens is 4. The Morgan fingerprint density at radius 3 is 2.39 bits per heavy atom. The molecule has 6 heterocycles. The molecule has 1 amide bonds. The molecular formula is C27H38N8O3. The number of likely N-dealkylation sites (tertiary alicyclic amines) is 2. The lowest BCUT2D eigenvalue weighted by Gasteiger charge is -2.45. The van der Waals surface area contributed by atoms with Crippen molar-refractivity contribution in [2.75, 3.05) is 49.9 Å². The van der Waals surface area contributed by atoms with Crippen molar-refractivity contribution in [3.63, 3.8) is 0 Å². The predicted octanol–water partition coefficient (Wildman–Crippen LogP) is 2.27. The summed E-state index contributed by atoms with van der Waals surface area (Å²) in [5, 5.41) is 14.5. The minimum atomic E-state index is -0.640. The molecule has 0 unspecified atom stereocenters. The van der Waals surface area contributed by atoms with Crippen molar-refractivity contribution >= 4 is 23.3 Å². The summed E-state index contributed by atoms with van der Waals surface area (Å²) in [4.78, 5) is 29.0. The number of aliphatic hydroxyl groups is 1. The molecule has 1 atom stereocenters. The number of nitrogen functional groups attached to an aromatic ring is 1. The summed E-state index contributed by atoms with van der Waals surface area (Å²) in [6.07, 6.45) is 6.91. The number of fused-ring (bicyclic) bond motifs is 1. The molecule has 0 bridgehead atoms. The van der Waals surface area contributed by atoms with E-state index in [1.165, 1.54) is 17.4 Å². The maximum absolute atomic E-state index is 13.5. The average Bonchev–Trinajstić information content (AvgIpc) is 3.53. The first kappa shape index (κ1) is 25.1. The predicted molar refractivity (Wildman–Crippen MR) is 143 cm³/mol. The van der Waals surface area contributed by atoms with Gasteiger partial charge in [0.1, 0.15) is 11.9 Å². The van der Waals surface area contributed by atoms with Crippen LogP contribution in [0.3, 0.4) is 0 Å². The van der Waals surface area contributed by atoms with Crippen LogP contribution < -0.4 is 10.6 Å². The fourth-order valence-corrected chi connectivity index (χ4v) is 6.41. The highest BCUT2D eigenvalue weighted by atomic mass is 16.3. The lowest BCUT2D eigenvalue weighted by atomic mass is 9.78. The molecule has 3 saturated heterocycles. The van der Waals surface area contributed by atoms with Crippen molar-refractivity contribution in [2.24, 2.45) is 11.8 Å². The molecule has 0 radical (unpaired) electrons. The number of rotatable bonds is 6. The normalized spacial score (nSPS) is 22.2. The Morgan fingerprint density at radius 1 is 1.08 bits per heavy atom. The molecule has 6 rings (SSSR count). The van der Waals surface area contributed by atoms with E-state index < -0.39 is 5.60 Å². The number of carbonyl (C=O) groups is 1. The van der Waals surface area contributed by atoms with E-state index in [-0.39, 0.29) is 17.9 Å². The topological polar surface area (TPSA) is 129 Å². The van der Waals surface area contributed by atoms with Crippen LogP contribution in [0.2, 0.25) is 0 Å². The van der Waals surface area contributed by atoms with Gasteiger partial charge in [-0.25, -0.2) is 4.98 Å². The second-order valence-corrected chi connectivity index (χ2v) is 11.7. The number of nitrogens with zero attached hydrogens (tertiary/aromatic N) is 7. The quantitative estimate of drug-likeness (QED) is 0.501. The number of β-amino-alcohol motifs (C(OH)–C–C–N with tert-alkyl or cyclic N) is 1. The molecule has 0 aliphatic carbocycles. The van der Waals surface area contributed by atoms with Gasteiger partial charge in [-0.2, -0.15) is 9.50 Å². The molecular weight excluding hydrogens is 484 g/mol. The highest BCUT2D eigenvalue weighted by Crippen LogP contribution is 2.34. The average molecular weight is 523 g/mol. The number of carbonyl (C=O) groups excluding carboxylic acids is 1. The van der Waals surface area contributed by atoms with Gasteiger partial charge in [-0.3, -0.25) is 4.79 Å². The minimum absolute atomic E-state index is 0.188. The van der Waals surface area contributed by atoms with E-state index in [0.29, 0.717) is 29.0 Å². The fourth-order valence-electron chi connectivity index (χ4n) is 6.41. The Kier molecular flexibility index (Phi) is 6.51. The third-order valence-electron chi connectivity index (χ3n) is 8.44. The maximum Gasteiger partial charge on any atom is 0.245 e. The summed E-state index contributed by atoms with van der Waals surface area (Å²) >= 11 is 0. The van der Waals surface area contributed by atoms with Crippen molar-refractivity contribution in [3.8, 4) is 11.6 Å². The molecule has 3 aromatic rings. The number of hydrogen-bond donors (Lipinski definition) is 2. The zero-order valence-electron chi connectivity index (χ0n) is 22.3. The van der Waals surface area contributed by atoms with E-state index in [4.69, 9.17) is 10.2 Å². The van der Waals surface area contributed by atoms with E-state index in [0.717, 1.165) is 64.4 Å². The van der Waals surface area contributed by atoms with Crippen LogP contribution in [0, 0.1) is 11.8 Å². The van der Waals surface area contributed by atoms with Gasteiger partial charge in [0, 0.05) is 32.2 Å². The van der Waals surface area contributed by atoms with Gasteiger partial charge in [0.05, 0.1) is 11.9 Å². The van der Waals surface area contributed by atoms with Gasteiger partial charge in [-0.15, -0.1) is 5.10 Å². The Labute approximate surface area is 222 Å². The summed E-state index contributed by atoms with van der Waals surface area (Å²) < 4.78 is 6.91. The zero-order chi connectivity index (χ0) is 26.4. The van der Waals surface area contributed by atoms with Gasteiger partial charge in [-0.05, 0) is 83.0 Å². The molecule has 3 N–H and O–H groups in total. The number of furan rings is 1. The van der Waals surface area contributed by atoms with Crippen molar-refractivity contribution in [3.05, 3.63) is 24.5 Å². The van der Waals surface area contributed by atoms with E-state index in [9.17, 15) is 9.90 Å². The third kappa shape index (κ3) is 4.96. The molecule has 0 spiro atoms. The van der Waals surface area contributed by atoms with Crippen LogP contribution in [0.25, 0.3) is 17.2 Å². The van der Waals surface area contributed by atoms with E-state index in [2.05, 4.69) is 20.0 Å². The number of nitrogens with two attached hydrogens (primary N) is 1. The lowest BCUT2D eigenvalue weighted by molar-refractivity contribution is -0.135. The fraction of sp³-hybridized carbons (Fsp3) is 0.630. The Bertz CT molecular complexity index is 1270. The van der Waals surface area contributed by atoms with Crippen LogP contribution in [0.15, 0.2) is 28.9 Å². The zero-order valence-corrected chi connectivity index (χ0v) is 22.3. The summed E-state index contributed by atoms with van der Waals surface area (Å²) in [6, 6.07) is 5.22. The van der Waals surface area contributed by atoms with Gasteiger partial charge < -0.3 is 30.0 Å². The van der Waals surface area contributed by atoms with Crippen molar-refractivity contribution in [1.29, 1.82) is 0 Å². The molecule has 204 valence electrons. The summed E-state index contributed by atoms with van der Waals surface area (Å²) in [5.41, 5.74) is 6.15. The molecule has 0 aromatic carbocycles. The van der Waals surface area contributed by atoms with Gasteiger partial charge in [0.2, 0.25) is 17.7 Å². The standard InChI is InChI=1S/C27H38N8O3/c1-27(2,37)17-32-10-5-18(6-11-32)19-7-12-33(13-8-19)25(36)20-9-14-34(20)22-16-23-29-24(21-4-3-15-38-21)31-35(23)26(28)30-22/h3-4,15-16,18-20,37H,5-14,17H2,1-2H3,(H2,28,30)/t20-/m0/s1. The molecule has 3 aliphatic rings.